The number of hydrogen-bond donors (Lipinski definition) is 1. The Balaban J connectivity index is 1.48. The van der Waals surface area contributed by atoms with Gasteiger partial charge in [-0.25, -0.2) is 18.1 Å². The summed E-state index contributed by atoms with van der Waals surface area (Å²) in [5.74, 6) is -0.192. The van der Waals surface area contributed by atoms with E-state index in [4.69, 9.17) is 0 Å². The summed E-state index contributed by atoms with van der Waals surface area (Å²) in [6, 6.07) is 12.7. The van der Waals surface area contributed by atoms with E-state index in [2.05, 4.69) is 15.4 Å². The average Bonchev–Trinajstić information content (AvgIpc) is 3.27. The van der Waals surface area contributed by atoms with Crippen LogP contribution in [0.4, 0.5) is 5.69 Å². The van der Waals surface area contributed by atoms with E-state index in [-0.39, 0.29) is 11.9 Å². The molecule has 0 aliphatic carbocycles. The Bertz CT molecular complexity index is 1160. The molecule has 1 amide bonds. The second-order valence-electron chi connectivity index (χ2n) is 7.41. The minimum absolute atomic E-state index is 0.189. The maximum Gasteiger partial charge on any atom is 0.251 e. The number of hydrogen-bond acceptors (Lipinski definition) is 5. The number of aromatic nitrogens is 3. The van der Waals surface area contributed by atoms with Gasteiger partial charge in [-0.3, -0.25) is 9.10 Å². The number of carbonyl (C=O) groups is 1. The fraction of sp³-hybridized carbons (Fsp3) is 0.286. The summed E-state index contributed by atoms with van der Waals surface area (Å²) in [7, 11) is -3.32. The van der Waals surface area contributed by atoms with E-state index in [9.17, 15) is 13.2 Å². The number of nitrogens with one attached hydrogen (secondary N) is 1. The first-order valence-electron chi connectivity index (χ1n) is 9.69. The summed E-state index contributed by atoms with van der Waals surface area (Å²) in [5.41, 5.74) is 3.92. The lowest BCUT2D eigenvalue weighted by atomic mass is 10.00. The summed E-state index contributed by atoms with van der Waals surface area (Å²) >= 11 is 0. The van der Waals surface area contributed by atoms with Gasteiger partial charge in [-0.1, -0.05) is 12.1 Å². The molecule has 1 aromatic heterocycles. The fourth-order valence-electron chi connectivity index (χ4n) is 3.67. The molecule has 0 spiro atoms. The molecule has 0 saturated heterocycles. The molecule has 1 atom stereocenters. The Labute approximate surface area is 175 Å². The standard InChI is InChI=1S/C21H23N5O3S/c1-15(16-5-8-19(9-6-16)25-14-22-13-23-25)24-21(27)18-7-10-20-17(12-18)4-3-11-26(20)30(2,28)29/h5-10,12-15H,3-4,11H2,1-2H3,(H,24,27). The quantitative estimate of drug-likeness (QED) is 0.677. The van der Waals surface area contributed by atoms with Crippen LogP contribution in [0.1, 0.15) is 40.9 Å². The molecule has 0 bridgehead atoms. The third-order valence-electron chi connectivity index (χ3n) is 5.24. The molecule has 1 unspecified atom stereocenters. The van der Waals surface area contributed by atoms with Crippen molar-refractivity contribution in [1.82, 2.24) is 20.1 Å². The highest BCUT2D eigenvalue weighted by Crippen LogP contribution is 2.30. The molecule has 1 aliphatic heterocycles. The first kappa shape index (κ1) is 20.1. The van der Waals surface area contributed by atoms with E-state index in [1.165, 1.54) is 16.9 Å². The highest BCUT2D eigenvalue weighted by Gasteiger charge is 2.25. The van der Waals surface area contributed by atoms with E-state index in [0.29, 0.717) is 17.8 Å². The number of benzene rings is 2. The molecular weight excluding hydrogens is 402 g/mol. The van der Waals surface area contributed by atoms with Gasteiger partial charge in [-0.05, 0) is 61.2 Å². The van der Waals surface area contributed by atoms with Gasteiger partial charge in [0, 0.05) is 12.1 Å². The smallest absolute Gasteiger partial charge is 0.251 e. The molecule has 2 heterocycles. The van der Waals surface area contributed by atoms with E-state index in [1.807, 2.05) is 31.2 Å². The van der Waals surface area contributed by atoms with E-state index < -0.39 is 10.0 Å². The van der Waals surface area contributed by atoms with Crippen molar-refractivity contribution < 1.29 is 13.2 Å². The van der Waals surface area contributed by atoms with Gasteiger partial charge in [0.05, 0.1) is 23.7 Å². The Morgan fingerprint density at radius 3 is 2.60 bits per heavy atom. The van der Waals surface area contributed by atoms with Crippen molar-refractivity contribution in [2.45, 2.75) is 25.8 Å². The number of aryl methyl sites for hydroxylation is 1. The van der Waals surface area contributed by atoms with Crippen molar-refractivity contribution in [2.75, 3.05) is 17.1 Å². The minimum Gasteiger partial charge on any atom is -0.346 e. The summed E-state index contributed by atoms with van der Waals surface area (Å²) in [6.45, 7) is 2.39. The molecule has 2 aromatic carbocycles. The number of amides is 1. The second kappa shape index (κ2) is 7.91. The Hall–Kier alpha value is -3.20. The Kier molecular flexibility index (Phi) is 5.29. The van der Waals surface area contributed by atoms with Crippen LogP contribution in [-0.2, 0) is 16.4 Å². The molecular formula is C21H23N5O3S. The average molecular weight is 426 g/mol. The summed E-state index contributed by atoms with van der Waals surface area (Å²) in [5, 5.41) is 7.11. The van der Waals surface area contributed by atoms with Gasteiger partial charge >= 0.3 is 0 Å². The van der Waals surface area contributed by atoms with Crippen molar-refractivity contribution in [3.63, 3.8) is 0 Å². The second-order valence-corrected chi connectivity index (χ2v) is 9.32. The summed E-state index contributed by atoms with van der Waals surface area (Å²) in [6.07, 6.45) is 5.80. The molecule has 4 rings (SSSR count). The summed E-state index contributed by atoms with van der Waals surface area (Å²) < 4.78 is 27.1. The van der Waals surface area contributed by atoms with Crippen LogP contribution in [0.2, 0.25) is 0 Å². The molecule has 156 valence electrons. The number of carbonyl (C=O) groups excluding carboxylic acids is 1. The lowest BCUT2D eigenvalue weighted by Gasteiger charge is -2.29. The first-order valence-corrected chi connectivity index (χ1v) is 11.5. The molecule has 3 aromatic rings. The Morgan fingerprint density at radius 1 is 1.17 bits per heavy atom. The van der Waals surface area contributed by atoms with E-state index >= 15 is 0 Å². The summed E-state index contributed by atoms with van der Waals surface area (Å²) in [4.78, 5) is 16.7. The van der Waals surface area contributed by atoms with Crippen LogP contribution >= 0.6 is 0 Å². The van der Waals surface area contributed by atoms with Crippen LogP contribution in [0.3, 0.4) is 0 Å². The molecule has 30 heavy (non-hydrogen) atoms. The van der Waals surface area contributed by atoms with Gasteiger partial charge < -0.3 is 5.32 Å². The molecule has 1 aliphatic rings. The lowest BCUT2D eigenvalue weighted by molar-refractivity contribution is 0.0940. The van der Waals surface area contributed by atoms with Crippen LogP contribution in [0, 0.1) is 0 Å². The highest BCUT2D eigenvalue weighted by molar-refractivity contribution is 7.92. The van der Waals surface area contributed by atoms with Gasteiger partial charge in [0.15, 0.2) is 0 Å². The molecule has 8 nitrogen and oxygen atoms in total. The van der Waals surface area contributed by atoms with Crippen molar-refractivity contribution in [2.24, 2.45) is 0 Å². The number of sulfonamides is 1. The predicted octanol–water partition coefficient (Wildman–Crippen LogP) is 2.47. The van der Waals surface area contributed by atoms with Gasteiger partial charge in [0.2, 0.25) is 10.0 Å². The topological polar surface area (TPSA) is 97.2 Å². The molecule has 0 radical (unpaired) electrons. The number of fused-ring (bicyclic) bond motifs is 1. The number of anilines is 1. The third-order valence-corrected chi connectivity index (χ3v) is 6.42. The van der Waals surface area contributed by atoms with Crippen LogP contribution in [-0.4, -0.2) is 41.9 Å². The van der Waals surface area contributed by atoms with E-state index in [1.54, 1.807) is 29.2 Å². The van der Waals surface area contributed by atoms with Gasteiger partial charge in [-0.15, -0.1) is 0 Å². The van der Waals surface area contributed by atoms with Crippen molar-refractivity contribution >= 4 is 21.6 Å². The first-order chi connectivity index (χ1) is 14.3. The van der Waals surface area contributed by atoms with Gasteiger partial charge in [-0.2, -0.15) is 5.10 Å². The van der Waals surface area contributed by atoms with Crippen LogP contribution in [0.5, 0.6) is 0 Å². The zero-order valence-corrected chi connectivity index (χ0v) is 17.6. The minimum atomic E-state index is -3.32. The van der Waals surface area contributed by atoms with Crippen LogP contribution in [0.15, 0.2) is 55.1 Å². The van der Waals surface area contributed by atoms with Crippen LogP contribution < -0.4 is 9.62 Å². The highest BCUT2D eigenvalue weighted by atomic mass is 32.2. The maximum atomic E-state index is 12.8. The predicted molar refractivity (Wildman–Crippen MR) is 114 cm³/mol. The normalized spacial score (nSPS) is 14.8. The zero-order chi connectivity index (χ0) is 21.3. The van der Waals surface area contributed by atoms with Crippen molar-refractivity contribution in [3.8, 4) is 5.69 Å². The zero-order valence-electron chi connectivity index (χ0n) is 16.8. The van der Waals surface area contributed by atoms with Crippen molar-refractivity contribution in [1.29, 1.82) is 0 Å². The molecule has 9 heteroatoms. The molecule has 1 N–H and O–H groups in total. The maximum absolute atomic E-state index is 12.8. The van der Waals surface area contributed by atoms with Crippen LogP contribution in [0.25, 0.3) is 5.69 Å². The monoisotopic (exact) mass is 425 g/mol. The van der Waals surface area contributed by atoms with Gasteiger partial charge in [0.25, 0.3) is 5.91 Å². The number of nitrogens with zero attached hydrogens (tertiary/aromatic N) is 4. The molecule has 0 fully saturated rings. The SMILES string of the molecule is CC(NC(=O)c1ccc2c(c1)CCCN2S(C)(=O)=O)c1ccc(-n2cncn2)cc1. The number of rotatable bonds is 5. The largest absolute Gasteiger partial charge is 0.346 e. The third kappa shape index (κ3) is 4.06. The molecule has 0 saturated carbocycles. The fourth-order valence-corrected chi connectivity index (χ4v) is 4.67. The lowest BCUT2D eigenvalue weighted by Crippen LogP contribution is -2.35. The van der Waals surface area contributed by atoms with Crippen molar-refractivity contribution in [3.05, 3.63) is 71.8 Å². The van der Waals surface area contributed by atoms with Gasteiger partial charge in [0.1, 0.15) is 12.7 Å². The van der Waals surface area contributed by atoms with E-state index in [0.717, 1.165) is 29.7 Å². The Morgan fingerprint density at radius 2 is 1.93 bits per heavy atom.